The van der Waals surface area contributed by atoms with E-state index < -0.39 is 0 Å². The van der Waals surface area contributed by atoms with Crippen LogP contribution >= 0.6 is 0 Å². The summed E-state index contributed by atoms with van der Waals surface area (Å²) in [6, 6.07) is 0.153. The molecule has 0 heterocycles. The molecule has 0 fully saturated rings. The van der Waals surface area contributed by atoms with Crippen molar-refractivity contribution >= 4 is 0 Å². The first-order valence-electron chi connectivity index (χ1n) is 3.94. The van der Waals surface area contributed by atoms with Gasteiger partial charge in [0.25, 0.3) is 0 Å². The number of hydrogen-bond donors (Lipinski definition) is 1. The second-order valence-corrected chi connectivity index (χ2v) is 2.77. The van der Waals surface area contributed by atoms with Crippen molar-refractivity contribution in [2.45, 2.75) is 26.8 Å². The zero-order valence-electron chi connectivity index (χ0n) is 7.42. The Hall–Kier alpha value is -0.750. The quantitative estimate of drug-likeness (QED) is 0.479. The number of nitrogens with zero attached hydrogens (tertiary/aromatic N) is 1. The second kappa shape index (κ2) is 5.99. The van der Waals surface area contributed by atoms with E-state index in [1.807, 2.05) is 13.1 Å². The van der Waals surface area contributed by atoms with Crippen molar-refractivity contribution in [3.05, 3.63) is 0 Å². The minimum absolute atomic E-state index is 0.153. The molecule has 0 saturated heterocycles. The van der Waals surface area contributed by atoms with Gasteiger partial charge in [-0.25, -0.2) is 0 Å². The normalized spacial score (nSPS) is 12.6. The van der Waals surface area contributed by atoms with Crippen LogP contribution in [0.3, 0.4) is 0 Å². The van der Waals surface area contributed by atoms with Crippen molar-refractivity contribution in [1.82, 2.24) is 5.32 Å². The van der Waals surface area contributed by atoms with Crippen LogP contribution in [-0.2, 0) is 4.74 Å². The van der Waals surface area contributed by atoms with Gasteiger partial charge < -0.3 is 10.1 Å². The van der Waals surface area contributed by atoms with E-state index in [0.717, 1.165) is 0 Å². The molecule has 0 bridgehead atoms. The highest BCUT2D eigenvalue weighted by Crippen LogP contribution is 2.00. The van der Waals surface area contributed by atoms with Gasteiger partial charge >= 0.3 is 0 Å². The molecule has 0 aliphatic heterocycles. The Bertz CT molecular complexity index is 129. The third-order valence-electron chi connectivity index (χ3n) is 1.56. The molecule has 0 radical (unpaired) electrons. The van der Waals surface area contributed by atoms with E-state index in [2.05, 4.69) is 19.2 Å². The molecule has 1 unspecified atom stereocenters. The summed E-state index contributed by atoms with van der Waals surface area (Å²) in [7, 11) is 0. The maximum Gasteiger partial charge on any atom is 0.176 e. The highest BCUT2D eigenvalue weighted by Gasteiger charge is 2.11. The fourth-order valence-corrected chi connectivity index (χ4v) is 0.729. The van der Waals surface area contributed by atoms with Crippen molar-refractivity contribution in [1.29, 1.82) is 5.26 Å². The fraction of sp³-hybridized carbons (Fsp3) is 0.875. The first-order chi connectivity index (χ1) is 5.22. The van der Waals surface area contributed by atoms with Crippen molar-refractivity contribution in [3.8, 4) is 6.19 Å². The minimum atomic E-state index is 0.153. The highest BCUT2D eigenvalue weighted by molar-refractivity contribution is 4.78. The molecular formula is C8H16N2O. The van der Waals surface area contributed by atoms with Crippen LogP contribution in [0, 0.1) is 17.4 Å². The molecule has 0 aliphatic carbocycles. The van der Waals surface area contributed by atoms with Gasteiger partial charge in [-0.1, -0.05) is 13.8 Å². The zero-order chi connectivity index (χ0) is 8.69. The lowest BCUT2D eigenvalue weighted by Crippen LogP contribution is -2.34. The van der Waals surface area contributed by atoms with Crippen LogP contribution in [0.5, 0.6) is 0 Å². The third-order valence-corrected chi connectivity index (χ3v) is 1.56. The molecule has 0 aromatic heterocycles. The molecule has 3 nitrogen and oxygen atoms in total. The summed E-state index contributed by atoms with van der Waals surface area (Å²) >= 11 is 0. The molecule has 0 aromatic carbocycles. The summed E-state index contributed by atoms with van der Waals surface area (Å²) in [6.07, 6.45) is 1.93. The van der Waals surface area contributed by atoms with E-state index in [1.54, 1.807) is 0 Å². The number of ether oxygens (including phenoxy) is 1. The van der Waals surface area contributed by atoms with Gasteiger partial charge in [0.1, 0.15) is 0 Å². The SMILES string of the molecule is CCOCC(NC#N)C(C)C. The van der Waals surface area contributed by atoms with Crippen LogP contribution in [0.4, 0.5) is 0 Å². The summed E-state index contributed by atoms with van der Waals surface area (Å²) in [4.78, 5) is 0. The average molecular weight is 156 g/mol. The fourth-order valence-electron chi connectivity index (χ4n) is 0.729. The number of nitriles is 1. The molecule has 0 rings (SSSR count). The van der Waals surface area contributed by atoms with Gasteiger partial charge in [0.05, 0.1) is 12.6 Å². The maximum atomic E-state index is 8.37. The van der Waals surface area contributed by atoms with Gasteiger partial charge in [0, 0.05) is 6.61 Å². The average Bonchev–Trinajstić information content (AvgIpc) is 1.97. The lowest BCUT2D eigenvalue weighted by molar-refractivity contribution is 0.114. The van der Waals surface area contributed by atoms with Gasteiger partial charge in [-0.15, -0.1) is 0 Å². The Morgan fingerprint density at radius 3 is 2.55 bits per heavy atom. The smallest absolute Gasteiger partial charge is 0.176 e. The summed E-state index contributed by atoms with van der Waals surface area (Å²) in [5.74, 6) is 0.432. The van der Waals surface area contributed by atoms with Gasteiger partial charge in [0.2, 0.25) is 0 Å². The largest absolute Gasteiger partial charge is 0.380 e. The summed E-state index contributed by atoms with van der Waals surface area (Å²) in [5.41, 5.74) is 0. The lowest BCUT2D eigenvalue weighted by Gasteiger charge is -2.18. The number of hydrogen-bond acceptors (Lipinski definition) is 3. The minimum Gasteiger partial charge on any atom is -0.380 e. The van der Waals surface area contributed by atoms with Crippen LogP contribution in [0.2, 0.25) is 0 Å². The molecule has 0 amide bonds. The summed E-state index contributed by atoms with van der Waals surface area (Å²) in [6.45, 7) is 7.39. The van der Waals surface area contributed by atoms with Gasteiger partial charge in [-0.2, -0.15) is 5.26 Å². The van der Waals surface area contributed by atoms with Crippen molar-refractivity contribution in [2.75, 3.05) is 13.2 Å². The topological polar surface area (TPSA) is 45.0 Å². The van der Waals surface area contributed by atoms with E-state index in [4.69, 9.17) is 10.00 Å². The second-order valence-electron chi connectivity index (χ2n) is 2.77. The molecular weight excluding hydrogens is 140 g/mol. The van der Waals surface area contributed by atoms with E-state index in [0.29, 0.717) is 19.1 Å². The number of rotatable bonds is 5. The third kappa shape index (κ3) is 4.63. The van der Waals surface area contributed by atoms with Crippen LogP contribution < -0.4 is 5.32 Å². The van der Waals surface area contributed by atoms with Gasteiger partial charge in [-0.05, 0) is 12.8 Å². The molecule has 0 saturated carbocycles. The highest BCUT2D eigenvalue weighted by atomic mass is 16.5. The molecule has 3 heteroatoms. The molecule has 0 spiro atoms. The Balaban J connectivity index is 3.62. The predicted octanol–water partition coefficient (Wildman–Crippen LogP) is 1.12. The Morgan fingerprint density at radius 1 is 1.55 bits per heavy atom. The summed E-state index contributed by atoms with van der Waals surface area (Å²) in [5, 5.41) is 11.1. The zero-order valence-corrected chi connectivity index (χ0v) is 7.42. The monoisotopic (exact) mass is 156 g/mol. The molecule has 11 heavy (non-hydrogen) atoms. The Labute approximate surface area is 68.3 Å². The standard InChI is InChI=1S/C8H16N2O/c1-4-11-5-8(7(2)3)10-6-9/h7-8,10H,4-5H2,1-3H3. The Morgan fingerprint density at radius 2 is 2.18 bits per heavy atom. The molecule has 1 atom stereocenters. The van der Waals surface area contributed by atoms with E-state index >= 15 is 0 Å². The maximum absolute atomic E-state index is 8.37. The van der Waals surface area contributed by atoms with Gasteiger partial charge in [-0.3, -0.25) is 0 Å². The summed E-state index contributed by atoms with van der Waals surface area (Å²) < 4.78 is 5.20. The number of nitrogens with one attached hydrogen (secondary N) is 1. The first kappa shape index (κ1) is 10.2. The predicted molar refractivity (Wildman–Crippen MR) is 43.9 cm³/mol. The lowest BCUT2D eigenvalue weighted by atomic mass is 10.1. The van der Waals surface area contributed by atoms with Crippen LogP contribution in [0.1, 0.15) is 20.8 Å². The first-order valence-corrected chi connectivity index (χ1v) is 3.94. The van der Waals surface area contributed by atoms with Gasteiger partial charge in [0.15, 0.2) is 6.19 Å². The van der Waals surface area contributed by atoms with Crippen molar-refractivity contribution in [2.24, 2.45) is 5.92 Å². The van der Waals surface area contributed by atoms with E-state index in [9.17, 15) is 0 Å². The van der Waals surface area contributed by atoms with Crippen LogP contribution in [-0.4, -0.2) is 19.3 Å². The van der Waals surface area contributed by atoms with Crippen molar-refractivity contribution in [3.63, 3.8) is 0 Å². The molecule has 1 N–H and O–H groups in total. The van der Waals surface area contributed by atoms with Crippen LogP contribution in [0.25, 0.3) is 0 Å². The van der Waals surface area contributed by atoms with E-state index in [1.165, 1.54) is 0 Å². The van der Waals surface area contributed by atoms with E-state index in [-0.39, 0.29) is 6.04 Å². The van der Waals surface area contributed by atoms with Crippen molar-refractivity contribution < 1.29 is 4.74 Å². The van der Waals surface area contributed by atoms with Crippen LogP contribution in [0.15, 0.2) is 0 Å². The molecule has 0 aliphatic rings. The molecule has 64 valence electrons. The molecule has 0 aromatic rings. The Kier molecular flexibility index (Phi) is 5.58.